The van der Waals surface area contributed by atoms with Crippen LogP contribution in [0.5, 0.6) is 0 Å². The number of hydrogen-bond acceptors (Lipinski definition) is 1. The molecule has 3 aromatic rings. The van der Waals surface area contributed by atoms with E-state index in [0.717, 1.165) is 11.3 Å². The van der Waals surface area contributed by atoms with E-state index in [4.69, 9.17) is 0 Å². The Balaban J connectivity index is 0.00000176. The van der Waals surface area contributed by atoms with Crippen molar-refractivity contribution in [1.29, 1.82) is 0 Å². The molecule has 1 nitrogen and oxygen atoms in total. The fourth-order valence-corrected chi connectivity index (χ4v) is 2.59. The van der Waals surface area contributed by atoms with Gasteiger partial charge in [0.05, 0.1) is 0 Å². The Morgan fingerprint density at radius 1 is 0.864 bits per heavy atom. The van der Waals surface area contributed by atoms with Gasteiger partial charge < -0.3 is 4.98 Å². The Labute approximate surface area is 145 Å². The summed E-state index contributed by atoms with van der Waals surface area (Å²) in [5, 5.41) is 0. The van der Waals surface area contributed by atoms with Crippen LogP contribution in [0, 0.1) is 26.8 Å². The van der Waals surface area contributed by atoms with Crippen LogP contribution in [0.15, 0.2) is 54.7 Å². The van der Waals surface area contributed by atoms with Crippen molar-refractivity contribution in [2.75, 3.05) is 0 Å². The predicted molar refractivity (Wildman–Crippen MR) is 88.2 cm³/mol. The summed E-state index contributed by atoms with van der Waals surface area (Å²) in [6.45, 7) is 6.37. The van der Waals surface area contributed by atoms with Crippen molar-refractivity contribution in [2.45, 2.75) is 20.8 Å². The summed E-state index contributed by atoms with van der Waals surface area (Å²) in [6.07, 6.45) is 1.98. The number of benzene rings is 2. The van der Waals surface area contributed by atoms with Crippen LogP contribution >= 0.6 is 0 Å². The fourth-order valence-electron chi connectivity index (χ4n) is 2.59. The zero-order valence-corrected chi connectivity index (χ0v) is 15.4. The summed E-state index contributed by atoms with van der Waals surface area (Å²) >= 11 is 0. The van der Waals surface area contributed by atoms with Crippen molar-refractivity contribution < 1.29 is 20.1 Å². The number of aromatic nitrogens is 1. The molecule has 0 bridgehead atoms. The molecular formula is C20H18IrN-. The van der Waals surface area contributed by atoms with Crippen molar-refractivity contribution in [3.8, 4) is 22.4 Å². The molecule has 1 aromatic heterocycles. The molecule has 0 aliphatic heterocycles. The van der Waals surface area contributed by atoms with Gasteiger partial charge in [-0.1, -0.05) is 37.3 Å². The third-order valence-electron chi connectivity index (χ3n) is 3.78. The number of aryl methyl sites for hydroxylation is 3. The smallest absolute Gasteiger partial charge is 0.0242 e. The largest absolute Gasteiger partial charge is 0.304 e. The average Bonchev–Trinajstić information content (AvgIpc) is 2.48. The molecular weight excluding hydrogens is 446 g/mol. The zero-order chi connectivity index (χ0) is 14.8. The summed E-state index contributed by atoms with van der Waals surface area (Å²) in [4.78, 5) is 4.64. The molecule has 0 aliphatic rings. The van der Waals surface area contributed by atoms with E-state index in [-0.39, 0.29) is 20.1 Å². The van der Waals surface area contributed by atoms with E-state index in [9.17, 15) is 0 Å². The molecule has 0 atom stereocenters. The van der Waals surface area contributed by atoms with Gasteiger partial charge in [0.25, 0.3) is 0 Å². The van der Waals surface area contributed by atoms with E-state index in [1.165, 1.54) is 27.8 Å². The zero-order valence-electron chi connectivity index (χ0n) is 13.0. The Bertz CT molecular complexity index is 793. The van der Waals surface area contributed by atoms with E-state index in [1.54, 1.807) is 0 Å². The molecule has 0 fully saturated rings. The summed E-state index contributed by atoms with van der Waals surface area (Å²) < 4.78 is 0. The SMILES string of the molecule is Cc1cc[c-]c(-c2cc(C)c(-c3ccccc3C)cn2)c1.[Ir]. The van der Waals surface area contributed by atoms with Crippen molar-refractivity contribution in [2.24, 2.45) is 0 Å². The van der Waals surface area contributed by atoms with Crippen LogP contribution in [-0.2, 0) is 20.1 Å². The first-order valence-electron chi connectivity index (χ1n) is 7.16. The Kier molecular flexibility index (Phi) is 5.28. The number of nitrogens with zero attached hydrogens (tertiary/aromatic N) is 1. The number of pyridine rings is 1. The van der Waals surface area contributed by atoms with Gasteiger partial charge in [0.2, 0.25) is 0 Å². The number of rotatable bonds is 2. The topological polar surface area (TPSA) is 12.9 Å². The van der Waals surface area contributed by atoms with Crippen molar-refractivity contribution in [1.82, 2.24) is 4.98 Å². The van der Waals surface area contributed by atoms with Crippen LogP contribution in [0.2, 0.25) is 0 Å². The second-order valence-corrected chi connectivity index (χ2v) is 5.48. The van der Waals surface area contributed by atoms with Crippen molar-refractivity contribution in [3.63, 3.8) is 0 Å². The average molecular weight is 465 g/mol. The van der Waals surface area contributed by atoms with Gasteiger partial charge in [0, 0.05) is 31.9 Å². The van der Waals surface area contributed by atoms with E-state index in [2.05, 4.69) is 74.3 Å². The Hall–Kier alpha value is -1.76. The molecule has 0 saturated heterocycles. The van der Waals surface area contributed by atoms with E-state index >= 15 is 0 Å². The first-order chi connectivity index (χ1) is 10.1. The Morgan fingerprint density at radius 3 is 2.32 bits per heavy atom. The van der Waals surface area contributed by atoms with Crippen LogP contribution in [0.3, 0.4) is 0 Å². The minimum absolute atomic E-state index is 0. The Morgan fingerprint density at radius 2 is 1.64 bits per heavy atom. The van der Waals surface area contributed by atoms with Crippen LogP contribution in [-0.4, -0.2) is 4.98 Å². The van der Waals surface area contributed by atoms with E-state index in [0.29, 0.717) is 0 Å². The standard InChI is InChI=1S/C20H18N.Ir/c1-14-7-6-9-17(11-14)20-12-16(3)19(13-21-20)18-10-5-4-8-15(18)2;/h4-8,10-13H,1-3H3;/q-1;. The maximum absolute atomic E-state index is 4.64. The van der Waals surface area contributed by atoms with E-state index < -0.39 is 0 Å². The third kappa shape index (κ3) is 3.35. The molecule has 2 aromatic carbocycles. The van der Waals surface area contributed by atoms with Crippen molar-refractivity contribution in [3.05, 3.63) is 77.5 Å². The predicted octanol–water partition coefficient (Wildman–Crippen LogP) is 5.14. The van der Waals surface area contributed by atoms with Gasteiger partial charge in [-0.2, -0.15) is 0 Å². The molecule has 2 heteroatoms. The quantitative estimate of drug-likeness (QED) is 0.479. The van der Waals surface area contributed by atoms with E-state index in [1.807, 2.05) is 12.3 Å². The molecule has 3 rings (SSSR count). The monoisotopic (exact) mass is 465 g/mol. The van der Waals surface area contributed by atoms with Gasteiger partial charge in [0.1, 0.15) is 0 Å². The van der Waals surface area contributed by atoms with Gasteiger partial charge in [-0.05, 0) is 36.2 Å². The fraction of sp³-hybridized carbons (Fsp3) is 0.150. The second kappa shape index (κ2) is 7.00. The van der Waals surface area contributed by atoms with Gasteiger partial charge >= 0.3 is 0 Å². The first-order valence-corrected chi connectivity index (χ1v) is 7.16. The molecule has 0 spiro atoms. The minimum Gasteiger partial charge on any atom is -0.304 e. The summed E-state index contributed by atoms with van der Waals surface area (Å²) in [5.74, 6) is 0. The molecule has 0 N–H and O–H groups in total. The van der Waals surface area contributed by atoms with Crippen molar-refractivity contribution >= 4 is 0 Å². The molecule has 1 radical (unpaired) electrons. The third-order valence-corrected chi connectivity index (χ3v) is 3.78. The minimum atomic E-state index is 0. The van der Waals surface area contributed by atoms with Gasteiger partial charge in [0.15, 0.2) is 0 Å². The van der Waals surface area contributed by atoms with Gasteiger partial charge in [-0.15, -0.1) is 35.4 Å². The van der Waals surface area contributed by atoms with Crippen LogP contribution in [0.4, 0.5) is 0 Å². The van der Waals surface area contributed by atoms with Crippen LogP contribution < -0.4 is 0 Å². The molecule has 22 heavy (non-hydrogen) atoms. The first kappa shape index (κ1) is 16.6. The molecule has 0 aliphatic carbocycles. The molecule has 0 amide bonds. The van der Waals surface area contributed by atoms with Gasteiger partial charge in [-0.25, -0.2) is 0 Å². The summed E-state index contributed by atoms with van der Waals surface area (Å²) in [7, 11) is 0. The van der Waals surface area contributed by atoms with Crippen LogP contribution in [0.25, 0.3) is 22.4 Å². The molecule has 0 saturated carbocycles. The summed E-state index contributed by atoms with van der Waals surface area (Å²) in [5.41, 5.74) is 8.22. The van der Waals surface area contributed by atoms with Gasteiger partial charge in [-0.3, -0.25) is 0 Å². The molecule has 0 unspecified atom stereocenters. The summed E-state index contributed by atoms with van der Waals surface area (Å²) in [6, 6.07) is 20.0. The molecule has 113 valence electrons. The normalized spacial score (nSPS) is 10.1. The molecule has 1 heterocycles. The maximum atomic E-state index is 4.64. The van der Waals surface area contributed by atoms with Crippen LogP contribution in [0.1, 0.15) is 16.7 Å². The number of hydrogen-bond donors (Lipinski definition) is 0. The second-order valence-electron chi connectivity index (χ2n) is 5.48. The maximum Gasteiger partial charge on any atom is 0.0242 e.